The zero-order valence-corrected chi connectivity index (χ0v) is 13.1. The van der Waals surface area contributed by atoms with Crippen molar-refractivity contribution >= 4 is 0 Å². The quantitative estimate of drug-likeness (QED) is 0.652. The van der Waals surface area contributed by atoms with Gasteiger partial charge >= 0.3 is 0 Å². The Balaban J connectivity index is 4.70. The van der Waals surface area contributed by atoms with Crippen molar-refractivity contribution in [1.29, 1.82) is 0 Å². The second kappa shape index (κ2) is 6.72. The van der Waals surface area contributed by atoms with Gasteiger partial charge in [-0.25, -0.2) is 0 Å². The average Bonchev–Trinajstić information content (AvgIpc) is 2.15. The first-order valence-electron chi connectivity index (χ1n) is 6.66. The van der Waals surface area contributed by atoms with Crippen LogP contribution in [-0.2, 0) is 4.74 Å². The van der Waals surface area contributed by atoms with Crippen LogP contribution in [0.25, 0.3) is 0 Å². The van der Waals surface area contributed by atoms with Gasteiger partial charge in [0.25, 0.3) is 0 Å². The fourth-order valence-electron chi connectivity index (χ4n) is 2.37. The Kier molecular flexibility index (Phi) is 6.67. The average molecular weight is 244 g/mol. The molecule has 0 aromatic carbocycles. The molecule has 0 saturated carbocycles. The number of likely N-dealkylation sites (N-methyl/N-ethyl adjacent to an activating group) is 2. The Labute approximate surface area is 108 Å². The summed E-state index contributed by atoms with van der Waals surface area (Å²) in [6.45, 7) is 10.8. The lowest BCUT2D eigenvalue weighted by Crippen LogP contribution is -2.50. The third kappa shape index (κ3) is 6.39. The predicted molar refractivity (Wildman–Crippen MR) is 75.6 cm³/mol. The molecule has 0 heterocycles. The van der Waals surface area contributed by atoms with Crippen molar-refractivity contribution in [2.75, 3.05) is 41.3 Å². The number of nitrogens with zero attached hydrogens (tertiary/aromatic N) is 2. The molecule has 0 rings (SSSR count). The summed E-state index contributed by atoms with van der Waals surface area (Å²) in [5.74, 6) is 0. The van der Waals surface area contributed by atoms with E-state index in [1.54, 1.807) is 0 Å². The van der Waals surface area contributed by atoms with E-state index in [9.17, 15) is 0 Å². The molecule has 0 aliphatic rings. The maximum Gasteiger partial charge on any atom is 0.0786 e. The Morgan fingerprint density at radius 2 is 1.06 bits per heavy atom. The van der Waals surface area contributed by atoms with Crippen LogP contribution >= 0.6 is 0 Å². The van der Waals surface area contributed by atoms with Gasteiger partial charge in [-0.2, -0.15) is 0 Å². The second-order valence-corrected chi connectivity index (χ2v) is 6.18. The van der Waals surface area contributed by atoms with Crippen LogP contribution in [0.3, 0.4) is 0 Å². The topological polar surface area (TPSA) is 15.7 Å². The third-order valence-electron chi connectivity index (χ3n) is 3.29. The van der Waals surface area contributed by atoms with E-state index in [4.69, 9.17) is 4.74 Å². The van der Waals surface area contributed by atoms with Crippen molar-refractivity contribution in [1.82, 2.24) is 9.80 Å². The van der Waals surface area contributed by atoms with E-state index in [-0.39, 0.29) is 11.2 Å². The van der Waals surface area contributed by atoms with E-state index in [1.807, 2.05) is 0 Å². The Morgan fingerprint density at radius 3 is 1.24 bits per heavy atom. The maximum atomic E-state index is 6.46. The van der Waals surface area contributed by atoms with Crippen LogP contribution in [-0.4, -0.2) is 62.3 Å². The molecular formula is C14H32N2O. The van der Waals surface area contributed by atoms with Crippen LogP contribution in [0.1, 0.15) is 40.5 Å². The monoisotopic (exact) mass is 244 g/mol. The first kappa shape index (κ1) is 16.9. The lowest BCUT2D eigenvalue weighted by atomic mass is 9.97. The van der Waals surface area contributed by atoms with Crippen molar-refractivity contribution in [3.8, 4) is 0 Å². The first-order chi connectivity index (χ1) is 7.66. The van der Waals surface area contributed by atoms with Gasteiger partial charge in [-0.05, 0) is 54.9 Å². The molecule has 3 heteroatoms. The molecule has 3 nitrogen and oxygen atoms in total. The van der Waals surface area contributed by atoms with Gasteiger partial charge in [-0.1, -0.05) is 13.8 Å². The predicted octanol–water partition coefficient (Wildman–Crippen LogP) is 2.46. The molecule has 0 spiro atoms. The van der Waals surface area contributed by atoms with Crippen molar-refractivity contribution in [2.45, 2.75) is 51.7 Å². The van der Waals surface area contributed by atoms with Gasteiger partial charge in [-0.3, -0.25) is 0 Å². The van der Waals surface area contributed by atoms with Crippen LogP contribution in [0, 0.1) is 0 Å². The minimum atomic E-state index is -0.0652. The summed E-state index contributed by atoms with van der Waals surface area (Å²) in [5, 5.41) is 0. The third-order valence-corrected chi connectivity index (χ3v) is 3.29. The van der Waals surface area contributed by atoms with Crippen molar-refractivity contribution < 1.29 is 4.74 Å². The Hall–Kier alpha value is -0.120. The standard InChI is InChI=1S/C14H32N2O/c1-9-13(3,11-15(5)6)17-14(4,10-2)12-16(7)8/h9-12H2,1-8H3. The molecule has 0 aromatic rings. The number of rotatable bonds is 8. The SMILES string of the molecule is CCC(C)(CN(C)C)OC(C)(CC)CN(C)C. The molecule has 0 aliphatic heterocycles. The zero-order valence-electron chi connectivity index (χ0n) is 13.1. The normalized spacial score (nSPS) is 19.4. The van der Waals surface area contributed by atoms with Crippen molar-refractivity contribution in [3.63, 3.8) is 0 Å². The van der Waals surface area contributed by atoms with Crippen LogP contribution < -0.4 is 0 Å². The van der Waals surface area contributed by atoms with E-state index >= 15 is 0 Å². The minimum absolute atomic E-state index is 0.0652. The van der Waals surface area contributed by atoms with E-state index < -0.39 is 0 Å². The van der Waals surface area contributed by atoms with Crippen LogP contribution in [0.5, 0.6) is 0 Å². The summed E-state index contributed by atoms with van der Waals surface area (Å²) >= 11 is 0. The number of hydrogen-bond donors (Lipinski definition) is 0. The molecule has 0 amide bonds. The highest BCUT2D eigenvalue weighted by Crippen LogP contribution is 2.27. The summed E-state index contributed by atoms with van der Waals surface area (Å²) in [6.07, 6.45) is 2.07. The van der Waals surface area contributed by atoms with Crippen molar-refractivity contribution in [3.05, 3.63) is 0 Å². The molecule has 2 atom stereocenters. The van der Waals surface area contributed by atoms with E-state index in [1.165, 1.54) is 0 Å². The molecule has 2 unspecified atom stereocenters. The molecule has 0 aromatic heterocycles. The molecule has 0 aliphatic carbocycles. The highest BCUT2D eigenvalue weighted by molar-refractivity contribution is 4.85. The zero-order chi connectivity index (χ0) is 13.7. The van der Waals surface area contributed by atoms with Gasteiger partial charge in [0.15, 0.2) is 0 Å². The molecule has 0 saturated heterocycles. The van der Waals surface area contributed by atoms with E-state index in [0.29, 0.717) is 0 Å². The first-order valence-corrected chi connectivity index (χ1v) is 6.66. The van der Waals surface area contributed by atoms with Crippen LogP contribution in [0.2, 0.25) is 0 Å². The maximum absolute atomic E-state index is 6.46. The number of ether oxygens (including phenoxy) is 1. The molecule has 17 heavy (non-hydrogen) atoms. The van der Waals surface area contributed by atoms with E-state index in [0.717, 1.165) is 25.9 Å². The van der Waals surface area contributed by atoms with Gasteiger partial charge in [0.1, 0.15) is 0 Å². The molecule has 0 radical (unpaired) electrons. The summed E-state index contributed by atoms with van der Waals surface area (Å²) < 4.78 is 6.46. The molecular weight excluding hydrogens is 212 g/mol. The van der Waals surface area contributed by atoms with Gasteiger partial charge in [-0.15, -0.1) is 0 Å². The van der Waals surface area contributed by atoms with E-state index in [2.05, 4.69) is 65.7 Å². The van der Waals surface area contributed by atoms with Gasteiger partial charge in [0, 0.05) is 13.1 Å². The fourth-order valence-corrected chi connectivity index (χ4v) is 2.37. The molecule has 0 N–H and O–H groups in total. The highest BCUT2D eigenvalue weighted by Gasteiger charge is 2.34. The number of hydrogen-bond acceptors (Lipinski definition) is 3. The van der Waals surface area contributed by atoms with Crippen molar-refractivity contribution in [2.24, 2.45) is 0 Å². The summed E-state index contributed by atoms with van der Waals surface area (Å²) in [4.78, 5) is 4.41. The largest absolute Gasteiger partial charge is 0.366 e. The Bertz CT molecular complexity index is 196. The highest BCUT2D eigenvalue weighted by atomic mass is 16.5. The Morgan fingerprint density at radius 1 is 0.765 bits per heavy atom. The lowest BCUT2D eigenvalue weighted by molar-refractivity contribution is -0.156. The summed E-state index contributed by atoms with van der Waals surface area (Å²) in [7, 11) is 8.41. The summed E-state index contributed by atoms with van der Waals surface area (Å²) in [5.41, 5.74) is -0.130. The fraction of sp³-hybridized carbons (Fsp3) is 1.00. The second-order valence-electron chi connectivity index (χ2n) is 6.18. The van der Waals surface area contributed by atoms with Crippen LogP contribution in [0.15, 0.2) is 0 Å². The smallest absolute Gasteiger partial charge is 0.0786 e. The van der Waals surface area contributed by atoms with Gasteiger partial charge < -0.3 is 14.5 Å². The molecule has 0 bridgehead atoms. The lowest BCUT2D eigenvalue weighted by Gasteiger charge is -2.42. The minimum Gasteiger partial charge on any atom is -0.366 e. The van der Waals surface area contributed by atoms with Crippen LogP contribution in [0.4, 0.5) is 0 Å². The van der Waals surface area contributed by atoms with Gasteiger partial charge in [0.05, 0.1) is 11.2 Å². The van der Waals surface area contributed by atoms with Gasteiger partial charge in [0.2, 0.25) is 0 Å². The molecule has 104 valence electrons. The summed E-state index contributed by atoms with van der Waals surface area (Å²) in [6, 6.07) is 0. The molecule has 0 fully saturated rings.